The maximum atomic E-state index is 9.94. The van der Waals surface area contributed by atoms with Gasteiger partial charge in [-0.3, -0.25) is 4.90 Å². The van der Waals surface area contributed by atoms with E-state index >= 15 is 0 Å². The molecule has 1 heterocycles. The summed E-state index contributed by atoms with van der Waals surface area (Å²) in [5, 5.41) is 9.94. The summed E-state index contributed by atoms with van der Waals surface area (Å²) in [6.07, 6.45) is 8.63. The van der Waals surface area contributed by atoms with Gasteiger partial charge in [-0.2, -0.15) is 0 Å². The largest absolute Gasteiger partial charge is 0.389 e. The maximum Gasteiger partial charge on any atom is 0.122 e. The van der Waals surface area contributed by atoms with Gasteiger partial charge in [-0.25, -0.2) is 0 Å². The highest BCUT2D eigenvalue weighted by Crippen LogP contribution is 2.17. The van der Waals surface area contributed by atoms with E-state index in [0.717, 1.165) is 6.54 Å². The summed E-state index contributed by atoms with van der Waals surface area (Å²) in [4.78, 5) is 2.33. The van der Waals surface area contributed by atoms with Gasteiger partial charge in [0.05, 0.1) is 12.7 Å². The highest BCUT2D eigenvalue weighted by Gasteiger charge is 2.22. The van der Waals surface area contributed by atoms with Crippen LogP contribution in [0.5, 0.6) is 0 Å². The third-order valence-electron chi connectivity index (χ3n) is 3.37. The zero-order chi connectivity index (χ0) is 12.9. The summed E-state index contributed by atoms with van der Waals surface area (Å²) in [7, 11) is 0. The number of aliphatic hydroxyl groups is 1. The van der Waals surface area contributed by atoms with E-state index in [1.54, 1.807) is 0 Å². The summed E-state index contributed by atoms with van der Waals surface area (Å²) in [6, 6.07) is 0.569. The second-order valence-corrected chi connectivity index (χ2v) is 5.46. The Bertz CT molecular complexity index is 270. The molecule has 0 radical (unpaired) electrons. The van der Waals surface area contributed by atoms with Crippen molar-refractivity contribution in [1.82, 2.24) is 4.90 Å². The summed E-state index contributed by atoms with van der Waals surface area (Å²) in [6.45, 7) is 7.96. The molecule has 0 aromatic rings. The van der Waals surface area contributed by atoms with E-state index in [9.17, 15) is 5.11 Å². The fraction of sp³-hybridized carbons (Fsp3) is 0.857. The van der Waals surface area contributed by atoms with Crippen LogP contribution in [0.1, 0.15) is 40.0 Å². The predicted molar refractivity (Wildman–Crippen MR) is 69.8 cm³/mol. The van der Waals surface area contributed by atoms with Gasteiger partial charge in [0.2, 0.25) is 0 Å². The van der Waals surface area contributed by atoms with Crippen LogP contribution in [-0.2, 0) is 4.74 Å². The number of nitrogens with zero attached hydrogens (tertiary/aromatic N) is 1. The summed E-state index contributed by atoms with van der Waals surface area (Å²) in [5.41, 5.74) is -0.589. The van der Waals surface area contributed by atoms with Gasteiger partial charge in [-0.15, -0.1) is 6.42 Å². The molecule has 0 unspecified atom stereocenters. The minimum Gasteiger partial charge on any atom is -0.389 e. The maximum absolute atomic E-state index is 9.94. The Morgan fingerprint density at radius 2 is 2.24 bits per heavy atom. The fourth-order valence-electron chi connectivity index (χ4n) is 2.10. The molecule has 0 saturated carbocycles. The van der Waals surface area contributed by atoms with Gasteiger partial charge < -0.3 is 9.84 Å². The number of hydrogen-bond acceptors (Lipinski definition) is 3. The van der Waals surface area contributed by atoms with E-state index in [0.29, 0.717) is 19.2 Å². The van der Waals surface area contributed by atoms with Crippen LogP contribution in [-0.4, -0.2) is 47.4 Å². The number of piperidine rings is 1. The average Bonchev–Trinajstić information content (AvgIpc) is 2.30. The van der Waals surface area contributed by atoms with Crippen LogP contribution < -0.4 is 0 Å². The van der Waals surface area contributed by atoms with Crippen LogP contribution in [0.2, 0.25) is 0 Å². The van der Waals surface area contributed by atoms with Crippen LogP contribution in [0, 0.1) is 12.3 Å². The van der Waals surface area contributed by atoms with Gasteiger partial charge in [-0.1, -0.05) is 12.3 Å². The Kier molecular flexibility index (Phi) is 5.45. The van der Waals surface area contributed by atoms with E-state index in [1.807, 2.05) is 13.8 Å². The molecule has 3 heteroatoms. The van der Waals surface area contributed by atoms with E-state index in [4.69, 9.17) is 11.2 Å². The number of rotatable bonds is 5. The molecule has 3 nitrogen and oxygen atoms in total. The van der Waals surface area contributed by atoms with E-state index in [2.05, 4.69) is 17.7 Å². The number of likely N-dealkylation sites (tertiary alicyclic amines) is 1. The number of terminal acetylenes is 1. The molecular formula is C14H25NO2. The number of aliphatic hydroxyl groups excluding tert-OH is 1. The molecule has 1 aliphatic heterocycles. The molecule has 1 saturated heterocycles. The first-order chi connectivity index (χ1) is 7.94. The highest BCUT2D eigenvalue weighted by atomic mass is 16.5. The normalized spacial score (nSPS) is 24.3. The lowest BCUT2D eigenvalue weighted by Crippen LogP contribution is -2.44. The summed E-state index contributed by atoms with van der Waals surface area (Å²) >= 11 is 0. The molecule has 0 aromatic carbocycles. The van der Waals surface area contributed by atoms with Crippen molar-refractivity contribution in [3.05, 3.63) is 0 Å². The molecule has 1 N–H and O–H groups in total. The van der Waals surface area contributed by atoms with Crippen molar-refractivity contribution in [2.45, 2.75) is 57.8 Å². The van der Waals surface area contributed by atoms with Gasteiger partial charge in [0, 0.05) is 12.6 Å². The molecular weight excluding hydrogens is 214 g/mol. The van der Waals surface area contributed by atoms with Crippen LogP contribution in [0.25, 0.3) is 0 Å². The Balaban J connectivity index is 2.29. The van der Waals surface area contributed by atoms with E-state index < -0.39 is 11.7 Å². The van der Waals surface area contributed by atoms with Gasteiger partial charge in [-0.05, 0) is 40.2 Å². The zero-order valence-electron chi connectivity index (χ0n) is 11.3. The average molecular weight is 239 g/mol. The van der Waals surface area contributed by atoms with Crippen molar-refractivity contribution in [3.63, 3.8) is 0 Å². The van der Waals surface area contributed by atoms with E-state index in [1.165, 1.54) is 19.3 Å². The first-order valence-electron chi connectivity index (χ1n) is 6.48. The first-order valence-corrected chi connectivity index (χ1v) is 6.48. The van der Waals surface area contributed by atoms with Crippen molar-refractivity contribution in [1.29, 1.82) is 0 Å². The molecule has 0 aliphatic carbocycles. The molecule has 0 spiro atoms. The minimum absolute atomic E-state index is 0.306. The number of ether oxygens (including phenoxy) is 1. The molecule has 98 valence electrons. The quantitative estimate of drug-likeness (QED) is 0.741. The number of β-amino-alcohol motifs (C(OH)–C–C–N with tert-alkyl or cyclic N) is 1. The molecule has 17 heavy (non-hydrogen) atoms. The van der Waals surface area contributed by atoms with Gasteiger partial charge >= 0.3 is 0 Å². The monoisotopic (exact) mass is 239 g/mol. The molecule has 1 rings (SSSR count). The molecule has 1 fully saturated rings. The number of hydrogen-bond donors (Lipinski definition) is 1. The topological polar surface area (TPSA) is 32.7 Å². The second-order valence-electron chi connectivity index (χ2n) is 5.46. The Morgan fingerprint density at radius 3 is 2.82 bits per heavy atom. The van der Waals surface area contributed by atoms with Crippen LogP contribution in [0.4, 0.5) is 0 Å². The smallest absolute Gasteiger partial charge is 0.122 e. The highest BCUT2D eigenvalue weighted by molar-refractivity contribution is 5.02. The van der Waals surface area contributed by atoms with Gasteiger partial charge in [0.1, 0.15) is 5.60 Å². The second kappa shape index (κ2) is 6.39. The van der Waals surface area contributed by atoms with Crippen LogP contribution in [0.3, 0.4) is 0 Å². The molecule has 0 bridgehead atoms. The van der Waals surface area contributed by atoms with Gasteiger partial charge in [0.15, 0.2) is 0 Å². The summed E-state index contributed by atoms with van der Waals surface area (Å²) < 4.78 is 5.50. The standard InChI is InChI=1S/C14H25NO2/c1-5-14(3,4)17-11-13(16)10-15-9-7-6-8-12(15)2/h1,12-13,16H,6-11H2,2-4H3/t12-,13-/m1/s1. The van der Waals surface area contributed by atoms with E-state index in [-0.39, 0.29) is 0 Å². The summed E-state index contributed by atoms with van der Waals surface area (Å²) in [5.74, 6) is 2.56. The lowest BCUT2D eigenvalue weighted by atomic mass is 10.0. The van der Waals surface area contributed by atoms with Crippen LogP contribution >= 0.6 is 0 Å². The van der Waals surface area contributed by atoms with Crippen molar-refractivity contribution in [2.24, 2.45) is 0 Å². The minimum atomic E-state index is -0.589. The van der Waals surface area contributed by atoms with Crippen molar-refractivity contribution < 1.29 is 9.84 Å². The predicted octanol–water partition coefficient (Wildman–Crippen LogP) is 1.65. The Hall–Kier alpha value is -0.560. The molecule has 1 aliphatic rings. The van der Waals surface area contributed by atoms with Crippen molar-refractivity contribution >= 4 is 0 Å². The third kappa shape index (κ3) is 5.08. The van der Waals surface area contributed by atoms with Crippen molar-refractivity contribution in [2.75, 3.05) is 19.7 Å². The Labute approximate surface area is 105 Å². The molecule has 0 aromatic heterocycles. The lowest BCUT2D eigenvalue weighted by Gasteiger charge is -2.35. The van der Waals surface area contributed by atoms with Crippen LogP contribution in [0.15, 0.2) is 0 Å². The third-order valence-corrected chi connectivity index (χ3v) is 3.37. The molecule has 0 amide bonds. The molecule has 2 atom stereocenters. The zero-order valence-corrected chi connectivity index (χ0v) is 11.3. The lowest BCUT2D eigenvalue weighted by molar-refractivity contribution is -0.0427. The Morgan fingerprint density at radius 1 is 1.53 bits per heavy atom. The SMILES string of the molecule is C#CC(C)(C)OC[C@H](O)CN1CCCC[C@H]1C. The van der Waals surface area contributed by atoms with Crippen molar-refractivity contribution in [3.8, 4) is 12.3 Å². The fourth-order valence-corrected chi connectivity index (χ4v) is 2.10. The first kappa shape index (κ1) is 14.5. The van der Waals surface area contributed by atoms with Gasteiger partial charge in [0.25, 0.3) is 0 Å².